The van der Waals surface area contributed by atoms with Crippen LogP contribution in [0, 0.1) is 6.92 Å². The lowest BCUT2D eigenvalue weighted by molar-refractivity contribution is 0.254. The van der Waals surface area contributed by atoms with Gasteiger partial charge in [0.25, 0.3) is 0 Å². The van der Waals surface area contributed by atoms with Crippen LogP contribution in [-0.4, -0.2) is 23.0 Å². The van der Waals surface area contributed by atoms with E-state index in [2.05, 4.69) is 34.0 Å². The smallest absolute Gasteiger partial charge is 0.136 e. The third kappa shape index (κ3) is 2.48. The number of nitrogens with two attached hydrogens (primary N) is 1. The maximum atomic E-state index is 6.06. The van der Waals surface area contributed by atoms with Crippen LogP contribution in [0.5, 0.6) is 11.5 Å². The maximum absolute atomic E-state index is 6.06. The third-order valence-electron chi connectivity index (χ3n) is 3.71. The Labute approximate surface area is 132 Å². The minimum Gasteiger partial charge on any atom is -0.496 e. The Balaban J connectivity index is 1.98. The van der Waals surface area contributed by atoms with Gasteiger partial charge in [0.1, 0.15) is 23.4 Å². The van der Waals surface area contributed by atoms with E-state index in [4.69, 9.17) is 15.2 Å². The van der Waals surface area contributed by atoms with Crippen LogP contribution in [-0.2, 0) is 13.0 Å². The SMILES string of the molecule is COc1cc2c(cc1Cn1nc(C)c(Br)c1N)OC(C)C2. The van der Waals surface area contributed by atoms with Crippen LogP contribution in [0.1, 0.15) is 23.7 Å². The van der Waals surface area contributed by atoms with Crippen molar-refractivity contribution in [3.05, 3.63) is 33.4 Å². The average molecular weight is 352 g/mol. The van der Waals surface area contributed by atoms with Gasteiger partial charge in [0.05, 0.1) is 23.8 Å². The van der Waals surface area contributed by atoms with Gasteiger partial charge in [-0.1, -0.05) is 0 Å². The molecule has 0 amide bonds. The second-order valence-corrected chi connectivity index (χ2v) is 6.14. The second kappa shape index (κ2) is 5.26. The lowest BCUT2D eigenvalue weighted by atomic mass is 10.1. The van der Waals surface area contributed by atoms with E-state index >= 15 is 0 Å². The number of halogens is 1. The number of anilines is 1. The summed E-state index contributed by atoms with van der Waals surface area (Å²) in [5, 5.41) is 4.44. The Kier molecular flexibility index (Phi) is 3.57. The lowest BCUT2D eigenvalue weighted by Gasteiger charge is -2.12. The summed E-state index contributed by atoms with van der Waals surface area (Å²) in [4.78, 5) is 0. The molecule has 21 heavy (non-hydrogen) atoms. The number of methoxy groups -OCH3 is 1. The van der Waals surface area contributed by atoms with Crippen molar-refractivity contribution in [1.29, 1.82) is 0 Å². The first-order chi connectivity index (χ1) is 9.99. The Morgan fingerprint density at radius 3 is 2.90 bits per heavy atom. The van der Waals surface area contributed by atoms with E-state index in [-0.39, 0.29) is 6.10 Å². The fourth-order valence-corrected chi connectivity index (χ4v) is 2.94. The van der Waals surface area contributed by atoms with Gasteiger partial charge in [-0.25, -0.2) is 4.68 Å². The van der Waals surface area contributed by atoms with Crippen molar-refractivity contribution in [3.8, 4) is 11.5 Å². The lowest BCUT2D eigenvalue weighted by Crippen LogP contribution is -2.07. The molecule has 1 aromatic heterocycles. The van der Waals surface area contributed by atoms with E-state index in [1.165, 1.54) is 5.56 Å². The van der Waals surface area contributed by atoms with E-state index in [1.54, 1.807) is 11.8 Å². The molecule has 6 heteroatoms. The molecule has 1 atom stereocenters. The second-order valence-electron chi connectivity index (χ2n) is 5.35. The maximum Gasteiger partial charge on any atom is 0.136 e. The molecule has 0 bridgehead atoms. The number of hydrogen-bond donors (Lipinski definition) is 1. The molecule has 0 radical (unpaired) electrons. The fourth-order valence-electron chi connectivity index (χ4n) is 2.65. The number of aryl methyl sites for hydroxylation is 1. The predicted octanol–water partition coefficient (Wildman–Crippen LogP) is 2.92. The number of benzene rings is 1. The Morgan fingerprint density at radius 2 is 2.29 bits per heavy atom. The van der Waals surface area contributed by atoms with Gasteiger partial charge in [0, 0.05) is 17.5 Å². The van der Waals surface area contributed by atoms with Crippen LogP contribution in [0.25, 0.3) is 0 Å². The Hall–Kier alpha value is -1.69. The minimum absolute atomic E-state index is 0.214. The van der Waals surface area contributed by atoms with Crippen molar-refractivity contribution in [2.45, 2.75) is 32.9 Å². The molecule has 3 rings (SSSR count). The number of hydrogen-bond acceptors (Lipinski definition) is 4. The predicted molar refractivity (Wildman–Crippen MR) is 85.0 cm³/mol. The highest BCUT2D eigenvalue weighted by molar-refractivity contribution is 9.10. The van der Waals surface area contributed by atoms with Gasteiger partial charge in [0.15, 0.2) is 0 Å². The number of rotatable bonds is 3. The highest BCUT2D eigenvalue weighted by atomic mass is 79.9. The summed E-state index contributed by atoms with van der Waals surface area (Å²) in [6, 6.07) is 4.08. The summed E-state index contributed by atoms with van der Waals surface area (Å²) in [5.74, 6) is 2.39. The number of aromatic nitrogens is 2. The summed E-state index contributed by atoms with van der Waals surface area (Å²) in [7, 11) is 1.68. The molecule has 2 aromatic rings. The van der Waals surface area contributed by atoms with Crippen molar-refractivity contribution < 1.29 is 9.47 Å². The van der Waals surface area contributed by atoms with Gasteiger partial charge >= 0.3 is 0 Å². The van der Waals surface area contributed by atoms with Crippen molar-refractivity contribution in [2.75, 3.05) is 12.8 Å². The molecular formula is C15H18BrN3O2. The van der Waals surface area contributed by atoms with Gasteiger partial charge in [-0.3, -0.25) is 0 Å². The van der Waals surface area contributed by atoms with Gasteiger partial charge in [-0.15, -0.1) is 0 Å². The number of fused-ring (bicyclic) bond motifs is 1. The van der Waals surface area contributed by atoms with Crippen molar-refractivity contribution >= 4 is 21.7 Å². The highest BCUT2D eigenvalue weighted by Gasteiger charge is 2.22. The molecule has 1 aliphatic heterocycles. The van der Waals surface area contributed by atoms with Gasteiger partial charge in [0.2, 0.25) is 0 Å². The zero-order chi connectivity index (χ0) is 15.1. The summed E-state index contributed by atoms with van der Waals surface area (Å²) in [5.41, 5.74) is 9.13. The standard InChI is InChI=1S/C15H18BrN3O2/c1-8-4-10-5-12(20-3)11(6-13(10)21-8)7-19-15(17)14(16)9(2)18-19/h5-6,8H,4,7,17H2,1-3H3. The summed E-state index contributed by atoms with van der Waals surface area (Å²) in [6.07, 6.45) is 1.13. The molecule has 1 aromatic carbocycles. The molecule has 0 spiro atoms. The molecule has 112 valence electrons. The summed E-state index contributed by atoms with van der Waals surface area (Å²) in [6.45, 7) is 4.53. The zero-order valence-electron chi connectivity index (χ0n) is 12.3. The Morgan fingerprint density at radius 1 is 1.52 bits per heavy atom. The molecule has 1 unspecified atom stereocenters. The van der Waals surface area contributed by atoms with Gasteiger partial charge in [-0.2, -0.15) is 5.10 Å². The minimum atomic E-state index is 0.214. The van der Waals surface area contributed by atoms with E-state index in [1.807, 2.05) is 13.0 Å². The number of nitrogen functional groups attached to an aromatic ring is 1. The van der Waals surface area contributed by atoms with Crippen LogP contribution in [0.4, 0.5) is 5.82 Å². The molecule has 2 N–H and O–H groups in total. The normalized spacial score (nSPS) is 16.7. The quantitative estimate of drug-likeness (QED) is 0.923. The number of nitrogens with zero attached hydrogens (tertiary/aromatic N) is 2. The van der Waals surface area contributed by atoms with Gasteiger partial charge < -0.3 is 15.2 Å². The average Bonchev–Trinajstić information content (AvgIpc) is 2.92. The monoisotopic (exact) mass is 351 g/mol. The largest absolute Gasteiger partial charge is 0.496 e. The Bertz CT molecular complexity index is 697. The first-order valence-corrected chi connectivity index (χ1v) is 7.63. The van der Waals surface area contributed by atoms with E-state index < -0.39 is 0 Å². The topological polar surface area (TPSA) is 62.3 Å². The number of ether oxygens (including phenoxy) is 2. The van der Waals surface area contributed by atoms with Crippen LogP contribution >= 0.6 is 15.9 Å². The molecule has 0 saturated heterocycles. The van der Waals surface area contributed by atoms with Crippen LogP contribution in [0.3, 0.4) is 0 Å². The summed E-state index contributed by atoms with van der Waals surface area (Å²) < 4.78 is 13.9. The molecule has 2 heterocycles. The molecule has 1 aliphatic rings. The fraction of sp³-hybridized carbons (Fsp3) is 0.400. The zero-order valence-corrected chi connectivity index (χ0v) is 13.9. The molecule has 0 fully saturated rings. The van der Waals surface area contributed by atoms with Crippen molar-refractivity contribution in [1.82, 2.24) is 9.78 Å². The van der Waals surface area contributed by atoms with Gasteiger partial charge in [-0.05, 0) is 41.9 Å². The van der Waals surface area contributed by atoms with Crippen LogP contribution in [0.15, 0.2) is 16.6 Å². The highest BCUT2D eigenvalue weighted by Crippen LogP contribution is 2.36. The van der Waals surface area contributed by atoms with Crippen molar-refractivity contribution in [3.63, 3.8) is 0 Å². The third-order valence-corrected chi connectivity index (χ3v) is 4.69. The molecule has 0 aliphatic carbocycles. The molecule has 0 saturated carbocycles. The van der Waals surface area contributed by atoms with E-state index in [0.29, 0.717) is 12.4 Å². The van der Waals surface area contributed by atoms with Crippen LogP contribution < -0.4 is 15.2 Å². The van der Waals surface area contributed by atoms with E-state index in [0.717, 1.165) is 33.6 Å². The van der Waals surface area contributed by atoms with E-state index in [9.17, 15) is 0 Å². The first kappa shape index (κ1) is 14.3. The van der Waals surface area contributed by atoms with Crippen molar-refractivity contribution in [2.24, 2.45) is 0 Å². The molecular weight excluding hydrogens is 334 g/mol. The summed E-state index contributed by atoms with van der Waals surface area (Å²) >= 11 is 3.44. The first-order valence-electron chi connectivity index (χ1n) is 6.84. The van der Waals surface area contributed by atoms with Crippen LogP contribution in [0.2, 0.25) is 0 Å². The molecule has 5 nitrogen and oxygen atoms in total.